The number of likely N-dealkylation sites (N-methyl/N-ethyl adjacent to an activating group) is 1. The van der Waals surface area contributed by atoms with Crippen LogP contribution in [-0.2, 0) is 11.3 Å². The third-order valence-electron chi connectivity index (χ3n) is 3.26. The van der Waals surface area contributed by atoms with Crippen molar-refractivity contribution in [2.24, 2.45) is 0 Å². The number of methoxy groups -OCH3 is 1. The van der Waals surface area contributed by atoms with Gasteiger partial charge in [-0.2, -0.15) is 0 Å². The Bertz CT molecular complexity index is 406. The Labute approximate surface area is 115 Å². The smallest absolute Gasteiger partial charge is 0.320 e. The van der Waals surface area contributed by atoms with E-state index in [4.69, 9.17) is 4.74 Å². The highest BCUT2D eigenvalue weighted by atomic mass is 16.5. The van der Waals surface area contributed by atoms with Crippen LogP contribution in [-0.4, -0.2) is 36.2 Å². The number of nitrogens with zero attached hydrogens (tertiary/aromatic N) is 1. The van der Waals surface area contributed by atoms with Crippen LogP contribution in [0, 0.1) is 0 Å². The number of aliphatic carboxylic acids is 1. The van der Waals surface area contributed by atoms with E-state index in [0.717, 1.165) is 24.2 Å². The Morgan fingerprint density at radius 1 is 1.42 bits per heavy atom. The largest absolute Gasteiger partial charge is 0.496 e. The van der Waals surface area contributed by atoms with Crippen LogP contribution in [0.2, 0.25) is 0 Å². The second kappa shape index (κ2) is 7.79. The van der Waals surface area contributed by atoms with Gasteiger partial charge in [0.1, 0.15) is 11.8 Å². The fourth-order valence-electron chi connectivity index (χ4n) is 2.14. The standard InChI is InChI=1S/C15H23NO3/c1-4-5-9-13(15(17)18)16(2)11-12-8-6-7-10-14(12)19-3/h6-8,10,13H,4-5,9,11H2,1-3H3,(H,17,18). The molecule has 4 heteroatoms. The molecule has 0 radical (unpaired) electrons. The van der Waals surface area contributed by atoms with Gasteiger partial charge in [-0.15, -0.1) is 0 Å². The number of carbonyl (C=O) groups is 1. The molecular weight excluding hydrogens is 242 g/mol. The Kier molecular flexibility index (Phi) is 6.36. The summed E-state index contributed by atoms with van der Waals surface area (Å²) in [6, 6.07) is 7.27. The summed E-state index contributed by atoms with van der Waals surface area (Å²) in [5.41, 5.74) is 1.01. The number of hydrogen-bond donors (Lipinski definition) is 1. The molecular formula is C15H23NO3. The quantitative estimate of drug-likeness (QED) is 0.785. The second-order valence-corrected chi connectivity index (χ2v) is 4.72. The van der Waals surface area contributed by atoms with E-state index in [1.54, 1.807) is 7.11 Å². The molecule has 1 aromatic carbocycles. The molecule has 0 amide bonds. The zero-order valence-corrected chi connectivity index (χ0v) is 11.9. The summed E-state index contributed by atoms with van der Waals surface area (Å²) in [5.74, 6) is 0.0415. The highest BCUT2D eigenvalue weighted by Crippen LogP contribution is 2.20. The van der Waals surface area contributed by atoms with E-state index in [9.17, 15) is 9.90 Å². The van der Waals surface area contributed by atoms with Crippen molar-refractivity contribution in [3.8, 4) is 5.75 Å². The van der Waals surface area contributed by atoms with Gasteiger partial charge in [0, 0.05) is 12.1 Å². The first-order valence-electron chi connectivity index (χ1n) is 6.65. The van der Waals surface area contributed by atoms with Crippen molar-refractivity contribution < 1.29 is 14.6 Å². The Morgan fingerprint density at radius 3 is 2.68 bits per heavy atom. The monoisotopic (exact) mass is 265 g/mol. The summed E-state index contributed by atoms with van der Waals surface area (Å²) >= 11 is 0. The summed E-state index contributed by atoms with van der Waals surface area (Å²) in [6.07, 6.45) is 2.61. The normalized spacial score (nSPS) is 12.4. The Balaban J connectivity index is 2.75. The molecule has 1 rings (SSSR count). The van der Waals surface area contributed by atoms with Crippen LogP contribution in [0.3, 0.4) is 0 Å². The third kappa shape index (κ3) is 4.56. The number of para-hydroxylation sites is 1. The maximum atomic E-state index is 11.3. The number of unbranched alkanes of at least 4 members (excludes halogenated alkanes) is 1. The van der Waals surface area contributed by atoms with Gasteiger partial charge in [0.25, 0.3) is 0 Å². The minimum Gasteiger partial charge on any atom is -0.496 e. The number of ether oxygens (including phenoxy) is 1. The minimum absolute atomic E-state index is 0.440. The van der Waals surface area contributed by atoms with Crippen LogP contribution >= 0.6 is 0 Å². The molecule has 4 nitrogen and oxygen atoms in total. The van der Waals surface area contributed by atoms with Crippen LogP contribution in [0.5, 0.6) is 5.75 Å². The molecule has 1 aromatic rings. The average molecular weight is 265 g/mol. The predicted octanol–water partition coefficient (Wildman–Crippen LogP) is 2.77. The second-order valence-electron chi connectivity index (χ2n) is 4.72. The van der Waals surface area contributed by atoms with Crippen molar-refractivity contribution in [3.63, 3.8) is 0 Å². The number of rotatable bonds is 8. The molecule has 0 spiro atoms. The van der Waals surface area contributed by atoms with Crippen molar-refractivity contribution in [2.45, 2.75) is 38.8 Å². The lowest BCUT2D eigenvalue weighted by molar-refractivity contribution is -0.143. The predicted molar refractivity (Wildman–Crippen MR) is 75.4 cm³/mol. The minimum atomic E-state index is -0.758. The molecule has 0 fully saturated rings. The van der Waals surface area contributed by atoms with E-state index >= 15 is 0 Å². The van der Waals surface area contributed by atoms with Gasteiger partial charge >= 0.3 is 5.97 Å². The van der Waals surface area contributed by atoms with Crippen LogP contribution in [0.25, 0.3) is 0 Å². The lowest BCUT2D eigenvalue weighted by Crippen LogP contribution is -2.38. The topological polar surface area (TPSA) is 49.8 Å². The fraction of sp³-hybridized carbons (Fsp3) is 0.533. The van der Waals surface area contributed by atoms with Crippen LogP contribution in [0.1, 0.15) is 31.7 Å². The van der Waals surface area contributed by atoms with Crippen molar-refractivity contribution in [1.29, 1.82) is 0 Å². The lowest BCUT2D eigenvalue weighted by atomic mass is 10.1. The molecule has 19 heavy (non-hydrogen) atoms. The van der Waals surface area contributed by atoms with Gasteiger partial charge in [-0.05, 0) is 19.5 Å². The molecule has 0 aliphatic heterocycles. The van der Waals surface area contributed by atoms with Gasteiger partial charge in [0.15, 0.2) is 0 Å². The molecule has 0 aromatic heterocycles. The molecule has 106 valence electrons. The summed E-state index contributed by atoms with van der Waals surface area (Å²) in [6.45, 7) is 2.64. The average Bonchev–Trinajstić information content (AvgIpc) is 2.39. The van der Waals surface area contributed by atoms with E-state index in [1.165, 1.54) is 0 Å². The number of carboxylic acid groups (broad SMARTS) is 1. The zero-order valence-electron chi connectivity index (χ0n) is 11.9. The Morgan fingerprint density at radius 2 is 2.11 bits per heavy atom. The molecule has 0 saturated carbocycles. The van der Waals surface area contributed by atoms with E-state index in [2.05, 4.69) is 6.92 Å². The first-order valence-corrected chi connectivity index (χ1v) is 6.65. The van der Waals surface area contributed by atoms with E-state index in [1.807, 2.05) is 36.2 Å². The maximum Gasteiger partial charge on any atom is 0.320 e. The summed E-state index contributed by atoms with van der Waals surface area (Å²) in [4.78, 5) is 13.2. The molecule has 0 heterocycles. The molecule has 1 unspecified atom stereocenters. The number of carboxylic acids is 1. The SMILES string of the molecule is CCCCC(C(=O)O)N(C)Cc1ccccc1OC. The van der Waals surface area contributed by atoms with Crippen molar-refractivity contribution >= 4 is 5.97 Å². The van der Waals surface area contributed by atoms with E-state index < -0.39 is 12.0 Å². The fourth-order valence-corrected chi connectivity index (χ4v) is 2.14. The highest BCUT2D eigenvalue weighted by Gasteiger charge is 2.22. The maximum absolute atomic E-state index is 11.3. The number of benzene rings is 1. The lowest BCUT2D eigenvalue weighted by Gasteiger charge is -2.25. The third-order valence-corrected chi connectivity index (χ3v) is 3.26. The zero-order chi connectivity index (χ0) is 14.3. The molecule has 0 saturated heterocycles. The Hall–Kier alpha value is -1.55. The van der Waals surface area contributed by atoms with Crippen LogP contribution < -0.4 is 4.74 Å². The van der Waals surface area contributed by atoms with Crippen molar-refractivity contribution in [2.75, 3.05) is 14.2 Å². The molecule has 0 aliphatic carbocycles. The summed E-state index contributed by atoms with van der Waals surface area (Å²) in [7, 11) is 3.48. The first-order chi connectivity index (χ1) is 9.10. The first kappa shape index (κ1) is 15.5. The molecule has 0 bridgehead atoms. The van der Waals surface area contributed by atoms with Crippen molar-refractivity contribution in [1.82, 2.24) is 4.90 Å². The van der Waals surface area contributed by atoms with Gasteiger partial charge < -0.3 is 9.84 Å². The van der Waals surface area contributed by atoms with Gasteiger partial charge in [-0.25, -0.2) is 0 Å². The van der Waals surface area contributed by atoms with Crippen molar-refractivity contribution in [3.05, 3.63) is 29.8 Å². The molecule has 0 aliphatic rings. The van der Waals surface area contributed by atoms with Gasteiger partial charge in [0.2, 0.25) is 0 Å². The summed E-state index contributed by atoms with van der Waals surface area (Å²) < 4.78 is 5.29. The van der Waals surface area contributed by atoms with E-state index in [0.29, 0.717) is 13.0 Å². The number of hydrogen-bond acceptors (Lipinski definition) is 3. The highest BCUT2D eigenvalue weighted by molar-refractivity contribution is 5.73. The van der Waals surface area contributed by atoms with Gasteiger partial charge in [-0.1, -0.05) is 38.0 Å². The van der Waals surface area contributed by atoms with Gasteiger partial charge in [-0.3, -0.25) is 9.69 Å². The van der Waals surface area contributed by atoms with Crippen LogP contribution in [0.15, 0.2) is 24.3 Å². The molecule has 1 atom stereocenters. The molecule has 1 N–H and O–H groups in total. The van der Waals surface area contributed by atoms with E-state index in [-0.39, 0.29) is 0 Å². The van der Waals surface area contributed by atoms with Gasteiger partial charge in [0.05, 0.1) is 7.11 Å². The van der Waals surface area contributed by atoms with Crippen LogP contribution in [0.4, 0.5) is 0 Å². The summed E-state index contributed by atoms with van der Waals surface area (Å²) in [5, 5.41) is 9.30.